The first-order chi connectivity index (χ1) is 10.8. The molecule has 0 atom stereocenters. The van der Waals surface area contributed by atoms with Crippen molar-refractivity contribution in [2.24, 2.45) is 0 Å². The molecule has 0 fully saturated rings. The van der Waals surface area contributed by atoms with Gasteiger partial charge in [-0.2, -0.15) is 0 Å². The van der Waals surface area contributed by atoms with Crippen molar-refractivity contribution in [1.29, 1.82) is 0 Å². The molecule has 0 aliphatic carbocycles. The Morgan fingerprint density at radius 2 is 1.96 bits per heavy atom. The van der Waals surface area contributed by atoms with Crippen LogP contribution in [0.15, 0.2) is 17.0 Å². The fraction of sp³-hybridized carbons (Fsp3) is 0.562. The molecular weight excluding hydrogens is 316 g/mol. The van der Waals surface area contributed by atoms with Gasteiger partial charge in [-0.05, 0) is 50.5 Å². The van der Waals surface area contributed by atoms with E-state index in [0.29, 0.717) is 31.0 Å². The van der Waals surface area contributed by atoms with Crippen molar-refractivity contribution >= 4 is 21.4 Å². The lowest BCUT2D eigenvalue weighted by Crippen LogP contribution is -2.31. The van der Waals surface area contributed by atoms with Crippen LogP contribution in [0.4, 0.5) is 5.69 Å². The fourth-order valence-electron chi connectivity index (χ4n) is 2.18. The molecule has 130 valence electrons. The number of sulfone groups is 1. The molecule has 0 spiro atoms. The van der Waals surface area contributed by atoms with E-state index in [9.17, 15) is 13.2 Å². The number of carbonyl (C=O) groups excluding carboxylic acids is 1. The summed E-state index contributed by atoms with van der Waals surface area (Å²) in [5, 5.41) is 5.80. The molecule has 0 bridgehead atoms. The topological polar surface area (TPSA) is 84.5 Å². The lowest BCUT2D eigenvalue weighted by atomic mass is 10.1. The number of nitrogens with one attached hydrogen (secondary N) is 2. The van der Waals surface area contributed by atoms with Crippen molar-refractivity contribution in [3.63, 3.8) is 0 Å². The number of ether oxygens (including phenoxy) is 1. The van der Waals surface area contributed by atoms with Crippen LogP contribution >= 0.6 is 0 Å². The van der Waals surface area contributed by atoms with Crippen LogP contribution in [-0.2, 0) is 19.4 Å². The summed E-state index contributed by atoms with van der Waals surface area (Å²) in [6.45, 7) is 7.44. The molecule has 23 heavy (non-hydrogen) atoms. The monoisotopic (exact) mass is 342 g/mol. The molecule has 7 heteroatoms. The Hall–Kier alpha value is -1.60. The minimum atomic E-state index is -3.29. The molecule has 0 aromatic heterocycles. The van der Waals surface area contributed by atoms with Gasteiger partial charge < -0.3 is 15.4 Å². The smallest absolute Gasteiger partial charge is 0.239 e. The van der Waals surface area contributed by atoms with Crippen molar-refractivity contribution in [2.75, 3.05) is 37.9 Å². The van der Waals surface area contributed by atoms with E-state index in [0.717, 1.165) is 12.0 Å². The minimum absolute atomic E-state index is 0.0993. The molecule has 1 rings (SSSR count). The number of rotatable bonds is 9. The van der Waals surface area contributed by atoms with Crippen LogP contribution in [0.5, 0.6) is 0 Å². The average Bonchev–Trinajstić information content (AvgIpc) is 2.46. The summed E-state index contributed by atoms with van der Waals surface area (Å²) in [6.07, 6.45) is 1.95. The van der Waals surface area contributed by atoms with Gasteiger partial charge in [0.25, 0.3) is 0 Å². The van der Waals surface area contributed by atoms with Gasteiger partial charge in [0.05, 0.1) is 11.4 Å². The molecule has 6 nitrogen and oxygen atoms in total. The molecule has 0 radical (unpaired) electrons. The van der Waals surface area contributed by atoms with Crippen LogP contribution in [0, 0.1) is 13.8 Å². The van der Waals surface area contributed by atoms with Crippen LogP contribution in [0.25, 0.3) is 0 Å². The van der Waals surface area contributed by atoms with Crippen molar-refractivity contribution in [2.45, 2.75) is 32.1 Å². The maximum absolute atomic E-state index is 11.8. The third-order valence-electron chi connectivity index (χ3n) is 3.33. The summed E-state index contributed by atoms with van der Waals surface area (Å²) < 4.78 is 28.8. The van der Waals surface area contributed by atoms with Crippen LogP contribution < -0.4 is 10.6 Å². The molecule has 2 N–H and O–H groups in total. The van der Waals surface area contributed by atoms with E-state index in [1.807, 2.05) is 19.9 Å². The van der Waals surface area contributed by atoms with Gasteiger partial charge in [-0.15, -0.1) is 0 Å². The molecule has 1 aromatic carbocycles. The maximum Gasteiger partial charge on any atom is 0.239 e. The van der Waals surface area contributed by atoms with E-state index in [2.05, 4.69) is 10.6 Å². The molecule has 1 aromatic rings. The largest absolute Gasteiger partial charge is 0.382 e. The lowest BCUT2D eigenvalue weighted by Gasteiger charge is -2.14. The van der Waals surface area contributed by atoms with Crippen molar-refractivity contribution in [3.8, 4) is 0 Å². The zero-order valence-electron chi connectivity index (χ0n) is 14.2. The highest BCUT2D eigenvalue weighted by Gasteiger charge is 2.15. The number of hydrogen-bond donors (Lipinski definition) is 2. The summed E-state index contributed by atoms with van der Waals surface area (Å²) in [5.41, 5.74) is 2.12. The molecule has 0 aliphatic rings. The van der Waals surface area contributed by atoms with E-state index in [-0.39, 0.29) is 17.3 Å². The Kier molecular flexibility index (Phi) is 7.51. The summed E-state index contributed by atoms with van der Waals surface area (Å²) in [6, 6.07) is 3.48. The first kappa shape index (κ1) is 19.4. The van der Waals surface area contributed by atoms with Crippen LogP contribution in [0.3, 0.4) is 0 Å². The standard InChI is InChI=1S/C16H26N2O4S/c1-5-22-8-6-7-17-16(19)11-18-14-9-12(2)10-15(13(14)3)23(4,20)21/h9-10,18H,5-8,11H2,1-4H3,(H,17,19). The normalized spacial score (nSPS) is 11.3. The van der Waals surface area contributed by atoms with E-state index < -0.39 is 9.84 Å². The van der Waals surface area contributed by atoms with E-state index in [1.165, 1.54) is 6.26 Å². The summed E-state index contributed by atoms with van der Waals surface area (Å²) in [5.74, 6) is -0.136. The van der Waals surface area contributed by atoms with E-state index in [1.54, 1.807) is 13.0 Å². The molecule has 0 aliphatic heterocycles. The number of amides is 1. The van der Waals surface area contributed by atoms with Gasteiger partial charge in [0, 0.05) is 31.7 Å². The second kappa shape index (κ2) is 8.88. The quantitative estimate of drug-likeness (QED) is 0.667. The predicted octanol–water partition coefficient (Wildman–Crippen LogP) is 1.66. The third-order valence-corrected chi connectivity index (χ3v) is 4.56. The third kappa shape index (κ3) is 6.58. The fourth-order valence-corrected chi connectivity index (χ4v) is 3.24. The SMILES string of the molecule is CCOCCCNC(=O)CNc1cc(C)cc(S(C)(=O)=O)c1C. The number of carbonyl (C=O) groups is 1. The van der Waals surface area contributed by atoms with Crippen molar-refractivity contribution in [3.05, 3.63) is 23.3 Å². The Bertz CT molecular complexity index is 642. The van der Waals surface area contributed by atoms with Crippen LogP contribution in [-0.4, -0.2) is 46.9 Å². The Morgan fingerprint density at radius 1 is 1.26 bits per heavy atom. The van der Waals surface area contributed by atoms with Crippen molar-refractivity contribution < 1.29 is 17.9 Å². The highest BCUT2D eigenvalue weighted by atomic mass is 32.2. The summed E-state index contributed by atoms with van der Waals surface area (Å²) in [4.78, 5) is 12.1. The molecule has 0 saturated heterocycles. The zero-order valence-corrected chi connectivity index (χ0v) is 15.0. The number of hydrogen-bond acceptors (Lipinski definition) is 5. The maximum atomic E-state index is 11.8. The van der Waals surface area contributed by atoms with Gasteiger partial charge in [0.2, 0.25) is 5.91 Å². The number of anilines is 1. The highest BCUT2D eigenvalue weighted by Crippen LogP contribution is 2.25. The summed E-state index contributed by atoms with van der Waals surface area (Å²) in [7, 11) is -3.29. The molecule has 1 amide bonds. The second-order valence-corrected chi connectivity index (χ2v) is 7.45. The van der Waals surface area contributed by atoms with Gasteiger partial charge in [0.15, 0.2) is 9.84 Å². The average molecular weight is 342 g/mol. The van der Waals surface area contributed by atoms with Gasteiger partial charge in [-0.3, -0.25) is 4.79 Å². The Morgan fingerprint density at radius 3 is 2.57 bits per heavy atom. The van der Waals surface area contributed by atoms with E-state index in [4.69, 9.17) is 4.74 Å². The zero-order chi connectivity index (χ0) is 17.5. The van der Waals surface area contributed by atoms with Crippen LogP contribution in [0.2, 0.25) is 0 Å². The number of aryl methyl sites for hydroxylation is 1. The van der Waals surface area contributed by atoms with Crippen LogP contribution in [0.1, 0.15) is 24.5 Å². The Balaban J connectivity index is 2.61. The molecule has 0 saturated carbocycles. The lowest BCUT2D eigenvalue weighted by molar-refractivity contribution is -0.119. The minimum Gasteiger partial charge on any atom is -0.382 e. The first-order valence-corrected chi connectivity index (χ1v) is 9.54. The van der Waals surface area contributed by atoms with E-state index >= 15 is 0 Å². The van der Waals surface area contributed by atoms with Crippen molar-refractivity contribution in [1.82, 2.24) is 5.32 Å². The summed E-state index contributed by atoms with van der Waals surface area (Å²) >= 11 is 0. The Labute approximate surface area is 138 Å². The molecular formula is C16H26N2O4S. The second-order valence-electron chi connectivity index (χ2n) is 5.46. The molecule has 0 unspecified atom stereocenters. The van der Waals surface area contributed by atoms with Gasteiger partial charge >= 0.3 is 0 Å². The number of benzene rings is 1. The highest BCUT2D eigenvalue weighted by molar-refractivity contribution is 7.90. The van der Waals surface area contributed by atoms with Gasteiger partial charge in [0.1, 0.15) is 0 Å². The predicted molar refractivity (Wildman–Crippen MR) is 91.6 cm³/mol. The first-order valence-electron chi connectivity index (χ1n) is 7.65. The van der Waals surface area contributed by atoms with Gasteiger partial charge in [-0.25, -0.2) is 8.42 Å². The molecule has 0 heterocycles. The van der Waals surface area contributed by atoms with Gasteiger partial charge in [-0.1, -0.05) is 0 Å².